The summed E-state index contributed by atoms with van der Waals surface area (Å²) >= 11 is 1.58. The summed E-state index contributed by atoms with van der Waals surface area (Å²) in [6.45, 7) is 4.13. The van der Waals surface area contributed by atoms with Crippen molar-refractivity contribution in [3.8, 4) is 0 Å². The van der Waals surface area contributed by atoms with Crippen molar-refractivity contribution in [2.75, 3.05) is 0 Å². The highest BCUT2D eigenvalue weighted by atomic mass is 32.1. The predicted molar refractivity (Wildman–Crippen MR) is 46.6 cm³/mol. The first kappa shape index (κ1) is 8.62. The minimum absolute atomic E-state index is 0.174. The van der Waals surface area contributed by atoms with Crippen LogP contribution >= 0.6 is 11.3 Å². The molecular weight excluding hydrogens is 158 g/mol. The Hall–Kier alpha value is -0.480. The fraction of sp³-hybridized carbons (Fsp3) is 0.714. The van der Waals surface area contributed by atoms with Crippen molar-refractivity contribution in [3.63, 3.8) is 0 Å². The third kappa shape index (κ3) is 1.97. The van der Waals surface area contributed by atoms with E-state index in [2.05, 4.69) is 17.1 Å². The van der Waals surface area contributed by atoms with Gasteiger partial charge in [0.2, 0.25) is 0 Å². The first-order valence-corrected chi connectivity index (χ1v) is 4.65. The molecule has 1 rings (SSSR count). The summed E-state index contributed by atoms with van der Waals surface area (Å²) < 4.78 is 0. The van der Waals surface area contributed by atoms with Gasteiger partial charge >= 0.3 is 0 Å². The van der Waals surface area contributed by atoms with Crippen LogP contribution in [-0.2, 0) is 0 Å². The van der Waals surface area contributed by atoms with E-state index in [0.29, 0.717) is 5.92 Å². The highest BCUT2D eigenvalue weighted by Crippen LogP contribution is 2.22. The van der Waals surface area contributed by atoms with Gasteiger partial charge in [0.15, 0.2) is 0 Å². The fourth-order valence-corrected chi connectivity index (χ4v) is 1.97. The molecule has 0 radical (unpaired) electrons. The van der Waals surface area contributed by atoms with Gasteiger partial charge in [-0.05, 0) is 13.3 Å². The Morgan fingerprint density at radius 3 is 2.82 bits per heavy atom. The molecule has 0 aliphatic rings. The van der Waals surface area contributed by atoms with Crippen molar-refractivity contribution in [1.29, 1.82) is 0 Å². The lowest BCUT2D eigenvalue weighted by Gasteiger charge is -2.14. The van der Waals surface area contributed by atoms with E-state index in [1.165, 1.54) is 0 Å². The second kappa shape index (κ2) is 3.78. The Labute approximate surface area is 70.6 Å². The van der Waals surface area contributed by atoms with Crippen LogP contribution in [-0.4, -0.2) is 16.2 Å². The van der Waals surface area contributed by atoms with Gasteiger partial charge in [-0.15, -0.1) is 21.5 Å². The zero-order valence-electron chi connectivity index (χ0n) is 6.82. The van der Waals surface area contributed by atoms with Crippen molar-refractivity contribution < 1.29 is 0 Å². The molecule has 0 saturated carbocycles. The minimum Gasteiger partial charge on any atom is -0.327 e. The molecule has 0 bridgehead atoms. The molecule has 62 valence electrons. The number of hydrogen-bond acceptors (Lipinski definition) is 4. The molecule has 0 aromatic carbocycles. The molecule has 2 N–H and O–H groups in total. The molecule has 1 heterocycles. The summed E-state index contributed by atoms with van der Waals surface area (Å²) in [5.74, 6) is 0.377. The van der Waals surface area contributed by atoms with Crippen molar-refractivity contribution in [2.45, 2.75) is 32.2 Å². The molecular formula is C7H13N3S. The topological polar surface area (TPSA) is 51.8 Å². The summed E-state index contributed by atoms with van der Waals surface area (Å²) in [5, 5.41) is 8.84. The first-order chi connectivity index (χ1) is 5.25. The van der Waals surface area contributed by atoms with Crippen molar-refractivity contribution >= 4 is 11.3 Å². The van der Waals surface area contributed by atoms with Crippen LogP contribution in [0.5, 0.6) is 0 Å². The van der Waals surface area contributed by atoms with E-state index < -0.39 is 0 Å². The predicted octanol–water partition coefficient (Wildman–Crippen LogP) is 1.38. The van der Waals surface area contributed by atoms with E-state index in [1.54, 1.807) is 16.8 Å². The number of nitrogens with zero attached hydrogens (tertiary/aromatic N) is 2. The normalized spacial score (nSPS) is 16.3. The van der Waals surface area contributed by atoms with E-state index in [-0.39, 0.29) is 6.04 Å². The van der Waals surface area contributed by atoms with E-state index in [4.69, 9.17) is 5.73 Å². The molecule has 2 unspecified atom stereocenters. The van der Waals surface area contributed by atoms with Gasteiger partial charge in [0.25, 0.3) is 0 Å². The molecule has 4 heteroatoms. The maximum atomic E-state index is 5.78. The molecule has 0 aliphatic carbocycles. The van der Waals surface area contributed by atoms with Crippen LogP contribution in [0, 0.1) is 0 Å². The summed E-state index contributed by atoms with van der Waals surface area (Å²) in [5.41, 5.74) is 7.53. The fourth-order valence-electron chi connectivity index (χ4n) is 1.11. The molecule has 0 amide bonds. The van der Waals surface area contributed by atoms with Crippen LogP contribution in [0.15, 0.2) is 5.51 Å². The Morgan fingerprint density at radius 1 is 1.73 bits per heavy atom. The van der Waals surface area contributed by atoms with Gasteiger partial charge in [0.1, 0.15) is 10.5 Å². The quantitative estimate of drug-likeness (QED) is 0.747. The summed E-state index contributed by atoms with van der Waals surface area (Å²) in [6.07, 6.45) is 1.03. The van der Waals surface area contributed by atoms with Gasteiger partial charge in [-0.1, -0.05) is 6.92 Å². The van der Waals surface area contributed by atoms with Gasteiger partial charge in [-0.2, -0.15) is 0 Å². The molecule has 2 atom stereocenters. The van der Waals surface area contributed by atoms with E-state index in [1.807, 2.05) is 6.92 Å². The molecule has 0 fully saturated rings. The third-order valence-electron chi connectivity index (χ3n) is 1.77. The number of hydrogen-bond donors (Lipinski definition) is 1. The first-order valence-electron chi connectivity index (χ1n) is 3.77. The minimum atomic E-state index is 0.174. The second-order valence-electron chi connectivity index (χ2n) is 2.65. The van der Waals surface area contributed by atoms with E-state index in [9.17, 15) is 0 Å². The van der Waals surface area contributed by atoms with Crippen LogP contribution in [0.25, 0.3) is 0 Å². The molecule has 1 aromatic heterocycles. The maximum absolute atomic E-state index is 5.78. The van der Waals surface area contributed by atoms with Crippen LogP contribution in [0.2, 0.25) is 0 Å². The summed E-state index contributed by atoms with van der Waals surface area (Å²) in [4.78, 5) is 0. The number of rotatable bonds is 3. The SMILES string of the molecule is CCC(c1nncs1)C(C)N. The molecule has 0 saturated heterocycles. The molecule has 1 aromatic rings. The molecule has 11 heavy (non-hydrogen) atoms. The largest absolute Gasteiger partial charge is 0.327 e. The lowest BCUT2D eigenvalue weighted by molar-refractivity contribution is 0.546. The van der Waals surface area contributed by atoms with Crippen LogP contribution in [0.3, 0.4) is 0 Å². The Kier molecular flexibility index (Phi) is 2.96. The van der Waals surface area contributed by atoms with E-state index >= 15 is 0 Å². The highest BCUT2D eigenvalue weighted by Gasteiger charge is 2.16. The molecule has 3 nitrogen and oxygen atoms in total. The monoisotopic (exact) mass is 171 g/mol. The Morgan fingerprint density at radius 2 is 2.45 bits per heavy atom. The average Bonchev–Trinajstić information content (AvgIpc) is 2.40. The number of nitrogens with two attached hydrogens (primary N) is 1. The third-order valence-corrected chi connectivity index (χ3v) is 2.59. The van der Waals surface area contributed by atoms with Gasteiger partial charge in [0.05, 0.1) is 0 Å². The van der Waals surface area contributed by atoms with E-state index in [0.717, 1.165) is 11.4 Å². The van der Waals surface area contributed by atoms with Crippen LogP contribution < -0.4 is 5.73 Å². The highest BCUT2D eigenvalue weighted by molar-refractivity contribution is 7.09. The van der Waals surface area contributed by atoms with Gasteiger partial charge < -0.3 is 5.73 Å². The summed E-state index contributed by atoms with van der Waals surface area (Å²) in [6, 6.07) is 0.174. The lowest BCUT2D eigenvalue weighted by Crippen LogP contribution is -2.24. The van der Waals surface area contributed by atoms with Gasteiger partial charge in [0, 0.05) is 12.0 Å². The average molecular weight is 171 g/mol. The second-order valence-corrected chi connectivity index (χ2v) is 3.52. The summed E-state index contributed by atoms with van der Waals surface area (Å²) in [7, 11) is 0. The lowest BCUT2D eigenvalue weighted by atomic mass is 10.0. The molecule has 0 aliphatic heterocycles. The van der Waals surface area contributed by atoms with Crippen molar-refractivity contribution in [3.05, 3.63) is 10.5 Å². The molecule has 0 spiro atoms. The van der Waals surface area contributed by atoms with Crippen molar-refractivity contribution in [1.82, 2.24) is 10.2 Å². The van der Waals surface area contributed by atoms with Crippen molar-refractivity contribution in [2.24, 2.45) is 5.73 Å². The maximum Gasteiger partial charge on any atom is 0.121 e. The smallest absolute Gasteiger partial charge is 0.121 e. The Balaban J connectivity index is 2.71. The van der Waals surface area contributed by atoms with Gasteiger partial charge in [-0.25, -0.2) is 0 Å². The Bertz CT molecular complexity index is 195. The number of aromatic nitrogens is 2. The van der Waals surface area contributed by atoms with Crippen LogP contribution in [0.1, 0.15) is 31.2 Å². The van der Waals surface area contributed by atoms with Crippen LogP contribution in [0.4, 0.5) is 0 Å². The zero-order valence-corrected chi connectivity index (χ0v) is 7.64. The zero-order chi connectivity index (χ0) is 8.27. The van der Waals surface area contributed by atoms with Gasteiger partial charge in [-0.3, -0.25) is 0 Å². The standard InChI is InChI=1S/C7H13N3S/c1-3-6(5(2)8)7-10-9-4-11-7/h4-6H,3,8H2,1-2H3.